The van der Waals surface area contributed by atoms with E-state index in [-0.39, 0.29) is 6.42 Å². The number of aromatic nitrogens is 2. The van der Waals surface area contributed by atoms with Gasteiger partial charge in [0.05, 0.1) is 18.3 Å². The van der Waals surface area contributed by atoms with Crippen LogP contribution in [0.5, 0.6) is 11.5 Å². The minimum absolute atomic E-state index is 0.0200. The Labute approximate surface area is 105 Å². The molecule has 1 aromatic heterocycles. The maximum atomic E-state index is 10.5. The number of carbonyl (C=O) groups is 1. The molecule has 0 radical (unpaired) electrons. The van der Waals surface area contributed by atoms with Crippen LogP contribution in [0, 0.1) is 6.92 Å². The van der Waals surface area contributed by atoms with E-state index in [4.69, 9.17) is 9.84 Å². The summed E-state index contributed by atoms with van der Waals surface area (Å²) in [5.74, 6) is 0.524. The molecule has 5 nitrogen and oxygen atoms in total. The van der Waals surface area contributed by atoms with E-state index in [1.807, 2.05) is 14.0 Å². The first kappa shape index (κ1) is 12.2. The molecule has 1 N–H and O–H groups in total. The minimum atomic E-state index is -0.841. The van der Waals surface area contributed by atoms with Gasteiger partial charge in [-0.1, -0.05) is 12.1 Å². The van der Waals surface area contributed by atoms with Crippen LogP contribution in [0.2, 0.25) is 0 Å². The van der Waals surface area contributed by atoms with Crippen molar-refractivity contribution in [3.63, 3.8) is 0 Å². The largest absolute Gasteiger partial charge is 0.481 e. The average Bonchev–Trinajstić information content (AvgIpc) is 2.63. The van der Waals surface area contributed by atoms with Crippen molar-refractivity contribution in [2.75, 3.05) is 0 Å². The van der Waals surface area contributed by atoms with Crippen LogP contribution < -0.4 is 4.74 Å². The minimum Gasteiger partial charge on any atom is -0.481 e. The van der Waals surface area contributed by atoms with Gasteiger partial charge in [0.15, 0.2) is 5.75 Å². The summed E-state index contributed by atoms with van der Waals surface area (Å²) in [5, 5.41) is 12.8. The molecule has 0 bridgehead atoms. The molecule has 94 valence electrons. The van der Waals surface area contributed by atoms with Gasteiger partial charge < -0.3 is 9.84 Å². The van der Waals surface area contributed by atoms with E-state index in [1.54, 1.807) is 35.1 Å². The maximum Gasteiger partial charge on any atom is 0.307 e. The van der Waals surface area contributed by atoms with Gasteiger partial charge >= 0.3 is 5.97 Å². The van der Waals surface area contributed by atoms with Crippen molar-refractivity contribution in [3.8, 4) is 11.5 Å². The zero-order valence-corrected chi connectivity index (χ0v) is 10.3. The van der Waals surface area contributed by atoms with Crippen molar-refractivity contribution in [1.29, 1.82) is 0 Å². The number of hydrogen-bond acceptors (Lipinski definition) is 3. The number of ether oxygens (including phenoxy) is 1. The molecule has 2 rings (SSSR count). The van der Waals surface area contributed by atoms with E-state index in [1.165, 1.54) is 0 Å². The molecule has 2 aromatic rings. The van der Waals surface area contributed by atoms with Gasteiger partial charge in [0.25, 0.3) is 0 Å². The molecular formula is C13H14N2O3. The summed E-state index contributed by atoms with van der Waals surface area (Å²) >= 11 is 0. The van der Waals surface area contributed by atoms with Gasteiger partial charge in [-0.3, -0.25) is 9.48 Å². The first-order valence-electron chi connectivity index (χ1n) is 5.53. The highest BCUT2D eigenvalue weighted by atomic mass is 16.5. The fourth-order valence-corrected chi connectivity index (χ4v) is 1.56. The van der Waals surface area contributed by atoms with E-state index in [0.717, 1.165) is 11.3 Å². The lowest BCUT2D eigenvalue weighted by atomic mass is 10.1. The molecule has 1 heterocycles. The van der Waals surface area contributed by atoms with Gasteiger partial charge in [-0.15, -0.1) is 0 Å². The molecule has 1 aromatic carbocycles. The number of hydrogen-bond donors (Lipinski definition) is 1. The Hall–Kier alpha value is -2.30. The van der Waals surface area contributed by atoms with Crippen molar-refractivity contribution >= 4 is 5.97 Å². The molecular weight excluding hydrogens is 232 g/mol. The van der Waals surface area contributed by atoms with Gasteiger partial charge in [-0.25, -0.2) is 0 Å². The van der Waals surface area contributed by atoms with Crippen LogP contribution in [-0.4, -0.2) is 20.9 Å². The topological polar surface area (TPSA) is 64.3 Å². The molecule has 0 spiro atoms. The third kappa shape index (κ3) is 2.68. The third-order valence-electron chi connectivity index (χ3n) is 2.70. The molecule has 0 aliphatic heterocycles. The fraction of sp³-hybridized carbons (Fsp3) is 0.231. The quantitative estimate of drug-likeness (QED) is 0.897. The van der Waals surface area contributed by atoms with Gasteiger partial charge in [-0.2, -0.15) is 5.10 Å². The number of aliphatic carboxylic acids is 1. The van der Waals surface area contributed by atoms with Crippen molar-refractivity contribution < 1.29 is 14.6 Å². The lowest BCUT2D eigenvalue weighted by Crippen LogP contribution is -1.99. The van der Waals surface area contributed by atoms with E-state index in [0.29, 0.717) is 11.5 Å². The van der Waals surface area contributed by atoms with Crippen LogP contribution in [0.1, 0.15) is 11.3 Å². The third-order valence-corrected chi connectivity index (χ3v) is 2.70. The second-order valence-electron chi connectivity index (χ2n) is 4.03. The van der Waals surface area contributed by atoms with Gasteiger partial charge in [0.2, 0.25) is 0 Å². The van der Waals surface area contributed by atoms with Crippen LogP contribution in [0.15, 0.2) is 30.5 Å². The molecule has 0 saturated heterocycles. The summed E-state index contributed by atoms with van der Waals surface area (Å²) in [5.41, 5.74) is 1.68. The summed E-state index contributed by atoms with van der Waals surface area (Å²) in [6.07, 6.45) is 1.67. The van der Waals surface area contributed by atoms with Crippen molar-refractivity contribution in [3.05, 3.63) is 41.7 Å². The summed E-state index contributed by atoms with van der Waals surface area (Å²) in [6, 6.07) is 7.00. The number of rotatable bonds is 4. The zero-order chi connectivity index (χ0) is 13.1. The number of aryl methyl sites for hydroxylation is 1. The SMILES string of the molecule is Cc1c(Oc2ccc(CC(=O)O)cc2)cnn1C. The predicted octanol–water partition coefficient (Wildman–Crippen LogP) is 2.15. The highest BCUT2D eigenvalue weighted by molar-refractivity contribution is 5.70. The molecule has 0 saturated carbocycles. The molecule has 0 fully saturated rings. The van der Waals surface area contributed by atoms with Crippen molar-refractivity contribution in [2.45, 2.75) is 13.3 Å². The number of carboxylic acid groups (broad SMARTS) is 1. The van der Waals surface area contributed by atoms with Gasteiger partial charge in [0, 0.05) is 7.05 Å². The van der Waals surface area contributed by atoms with E-state index in [2.05, 4.69) is 5.10 Å². The van der Waals surface area contributed by atoms with Crippen LogP contribution in [0.3, 0.4) is 0 Å². The van der Waals surface area contributed by atoms with Gasteiger partial charge in [0.1, 0.15) is 5.75 Å². The monoisotopic (exact) mass is 246 g/mol. The summed E-state index contributed by atoms with van der Waals surface area (Å²) in [7, 11) is 1.85. The van der Waals surface area contributed by atoms with Gasteiger partial charge in [-0.05, 0) is 24.6 Å². The molecule has 0 atom stereocenters. The number of benzene rings is 1. The Morgan fingerprint density at radius 3 is 2.56 bits per heavy atom. The molecule has 5 heteroatoms. The Kier molecular flexibility index (Phi) is 3.32. The summed E-state index contributed by atoms with van der Waals surface area (Å²) in [6.45, 7) is 1.92. The highest BCUT2D eigenvalue weighted by Crippen LogP contribution is 2.24. The van der Waals surface area contributed by atoms with E-state index < -0.39 is 5.97 Å². The second kappa shape index (κ2) is 4.91. The van der Waals surface area contributed by atoms with Crippen LogP contribution in [0.4, 0.5) is 0 Å². The second-order valence-corrected chi connectivity index (χ2v) is 4.03. The van der Waals surface area contributed by atoms with E-state index in [9.17, 15) is 4.79 Å². The summed E-state index contributed by atoms with van der Waals surface area (Å²) < 4.78 is 7.39. The fourth-order valence-electron chi connectivity index (χ4n) is 1.56. The predicted molar refractivity (Wildman–Crippen MR) is 65.8 cm³/mol. The molecule has 0 aliphatic rings. The molecule has 18 heavy (non-hydrogen) atoms. The maximum absolute atomic E-state index is 10.5. The molecule has 0 amide bonds. The van der Waals surface area contributed by atoms with Crippen LogP contribution >= 0.6 is 0 Å². The first-order valence-corrected chi connectivity index (χ1v) is 5.53. The standard InChI is InChI=1S/C13H14N2O3/c1-9-12(8-14-15(9)2)18-11-5-3-10(4-6-11)7-13(16)17/h3-6,8H,7H2,1-2H3,(H,16,17). The lowest BCUT2D eigenvalue weighted by Gasteiger charge is -2.05. The first-order chi connectivity index (χ1) is 8.56. The Morgan fingerprint density at radius 1 is 1.39 bits per heavy atom. The smallest absolute Gasteiger partial charge is 0.307 e. The zero-order valence-electron chi connectivity index (χ0n) is 10.3. The highest BCUT2D eigenvalue weighted by Gasteiger charge is 2.06. The summed E-state index contributed by atoms with van der Waals surface area (Å²) in [4.78, 5) is 10.5. The van der Waals surface area contributed by atoms with Crippen molar-refractivity contribution in [1.82, 2.24) is 9.78 Å². The number of carboxylic acids is 1. The molecule has 0 unspecified atom stereocenters. The van der Waals surface area contributed by atoms with E-state index >= 15 is 0 Å². The average molecular weight is 246 g/mol. The Morgan fingerprint density at radius 2 is 2.06 bits per heavy atom. The van der Waals surface area contributed by atoms with Crippen LogP contribution in [0.25, 0.3) is 0 Å². The number of nitrogens with zero attached hydrogens (tertiary/aromatic N) is 2. The van der Waals surface area contributed by atoms with Crippen LogP contribution in [-0.2, 0) is 18.3 Å². The molecule has 0 aliphatic carbocycles. The Bertz CT molecular complexity index is 558. The normalized spacial score (nSPS) is 10.3. The Balaban J connectivity index is 2.11. The van der Waals surface area contributed by atoms with Crippen molar-refractivity contribution in [2.24, 2.45) is 7.05 Å². The lowest BCUT2D eigenvalue weighted by molar-refractivity contribution is -0.136.